The summed E-state index contributed by atoms with van der Waals surface area (Å²) in [6, 6.07) is 11.6. The number of aliphatic hydroxyl groups is 1. The number of nitrogens with zero attached hydrogens (tertiary/aromatic N) is 4. The highest BCUT2D eigenvalue weighted by Crippen LogP contribution is 2.36. The molecule has 6 heterocycles. The van der Waals surface area contributed by atoms with E-state index in [4.69, 9.17) is 19.0 Å². The molecule has 0 amide bonds. The van der Waals surface area contributed by atoms with E-state index in [0.29, 0.717) is 30.9 Å². The van der Waals surface area contributed by atoms with Gasteiger partial charge in [0.1, 0.15) is 28.5 Å². The van der Waals surface area contributed by atoms with Crippen molar-refractivity contribution < 1.29 is 23.4 Å². The van der Waals surface area contributed by atoms with Crippen molar-refractivity contribution >= 4 is 33.6 Å². The van der Waals surface area contributed by atoms with Gasteiger partial charge in [-0.05, 0) is 51.0 Å². The van der Waals surface area contributed by atoms with Crippen molar-refractivity contribution in [3.05, 3.63) is 58.8 Å². The van der Waals surface area contributed by atoms with Gasteiger partial charge in [-0.25, -0.2) is 14.4 Å². The van der Waals surface area contributed by atoms with Gasteiger partial charge in [-0.2, -0.15) is 0 Å². The van der Waals surface area contributed by atoms with E-state index in [1.165, 1.54) is 13.0 Å². The van der Waals surface area contributed by atoms with Gasteiger partial charge in [0.15, 0.2) is 23.4 Å². The van der Waals surface area contributed by atoms with E-state index in [0.717, 1.165) is 55.0 Å². The van der Waals surface area contributed by atoms with Crippen LogP contribution >= 0.6 is 0 Å². The van der Waals surface area contributed by atoms with Crippen LogP contribution < -0.4 is 15.4 Å². The number of furan rings is 1. The number of benzene rings is 1. The SMILES string of the molecule is C#CO.CC(F)c1nc(N2CCCC2)c2oc3ccccc3c2n1.CC1N(c2ccc[nH]c2=O)CCOC12COC2. The number of morpholine rings is 1. The number of nitrogens with one attached hydrogen (secondary N) is 1. The molecule has 2 atom stereocenters. The Labute approximate surface area is 237 Å². The number of para-hydroxylation sites is 1. The third kappa shape index (κ3) is 5.58. The van der Waals surface area contributed by atoms with Crippen molar-refractivity contribution in [1.82, 2.24) is 15.0 Å². The third-order valence-electron chi connectivity index (χ3n) is 7.73. The van der Waals surface area contributed by atoms with Gasteiger partial charge in [0.05, 0.1) is 25.9 Å². The minimum absolute atomic E-state index is 0.0448. The number of aromatic nitrogens is 3. The number of hydrogen-bond donors (Lipinski definition) is 2. The molecular weight excluding hydrogens is 529 g/mol. The number of anilines is 2. The Morgan fingerprint density at radius 2 is 1.90 bits per heavy atom. The van der Waals surface area contributed by atoms with Gasteiger partial charge >= 0.3 is 0 Å². The standard InChI is InChI=1S/C16H16FN3O.C12H16N2O3.C2H2O/c1-10(17)15-18-13-11-6-2-3-7-12(11)21-14(13)16(19-15)20-8-4-5-9-20;1-9-12(7-16-8-12)17-6-5-14(9)10-3-2-4-13-11(10)15;1-2-3/h2-3,6-7,10H,4-5,8-9H2,1H3;2-4,9H,5-8H2,1H3,(H,13,15);1,3H. The topological polar surface area (TPSA) is 117 Å². The average Bonchev–Trinajstić information content (AvgIpc) is 3.62. The molecule has 3 aromatic heterocycles. The first-order valence-corrected chi connectivity index (χ1v) is 13.7. The van der Waals surface area contributed by atoms with Crippen molar-refractivity contribution in [3.8, 4) is 12.5 Å². The highest BCUT2D eigenvalue weighted by atomic mass is 19.1. The van der Waals surface area contributed by atoms with Crippen LogP contribution in [0.25, 0.3) is 22.1 Å². The summed E-state index contributed by atoms with van der Waals surface area (Å²) >= 11 is 0. The second-order valence-electron chi connectivity index (χ2n) is 10.3. The number of aliphatic hydroxyl groups excluding tert-OH is 1. The van der Waals surface area contributed by atoms with Crippen molar-refractivity contribution in [3.63, 3.8) is 0 Å². The Morgan fingerprint density at radius 3 is 2.56 bits per heavy atom. The molecule has 3 aliphatic heterocycles. The van der Waals surface area contributed by atoms with Crippen LogP contribution in [-0.4, -0.2) is 71.2 Å². The van der Waals surface area contributed by atoms with E-state index in [1.54, 1.807) is 6.20 Å². The summed E-state index contributed by atoms with van der Waals surface area (Å²) in [6.45, 7) is 8.06. The number of hydrogen-bond acceptors (Lipinski definition) is 9. The summed E-state index contributed by atoms with van der Waals surface area (Å²) in [5.41, 5.74) is 2.60. The lowest BCUT2D eigenvalue weighted by molar-refractivity contribution is -0.228. The van der Waals surface area contributed by atoms with E-state index < -0.39 is 6.17 Å². The van der Waals surface area contributed by atoms with E-state index in [-0.39, 0.29) is 23.0 Å². The molecule has 0 aliphatic carbocycles. The normalized spacial score (nSPS) is 20.0. The van der Waals surface area contributed by atoms with Crippen molar-refractivity contribution in [2.45, 2.75) is 44.5 Å². The van der Waals surface area contributed by atoms with Crippen molar-refractivity contribution in [2.75, 3.05) is 49.3 Å². The fourth-order valence-electron chi connectivity index (χ4n) is 5.46. The van der Waals surface area contributed by atoms with Crippen LogP contribution in [0.2, 0.25) is 0 Å². The first kappa shape index (κ1) is 28.4. The molecule has 11 heteroatoms. The van der Waals surface area contributed by atoms with Crippen LogP contribution in [0.15, 0.2) is 51.8 Å². The first-order valence-electron chi connectivity index (χ1n) is 13.7. The maximum Gasteiger partial charge on any atom is 0.271 e. The maximum atomic E-state index is 13.8. The molecule has 1 spiro atoms. The first-order chi connectivity index (χ1) is 19.9. The smallest absolute Gasteiger partial charge is 0.271 e. The van der Waals surface area contributed by atoms with Crippen LogP contribution in [0.3, 0.4) is 0 Å². The molecular formula is C30H34FN5O5. The number of rotatable bonds is 3. The molecule has 216 valence electrons. The van der Waals surface area contributed by atoms with E-state index in [2.05, 4.69) is 38.1 Å². The molecule has 3 fully saturated rings. The number of pyridine rings is 1. The van der Waals surface area contributed by atoms with Crippen molar-refractivity contribution in [2.24, 2.45) is 0 Å². The molecule has 1 aromatic carbocycles. The number of fused-ring (bicyclic) bond motifs is 3. The molecule has 3 aliphatic rings. The predicted molar refractivity (Wildman–Crippen MR) is 154 cm³/mol. The number of H-pyrrole nitrogens is 1. The Morgan fingerprint density at radius 1 is 1.17 bits per heavy atom. The van der Waals surface area contributed by atoms with Gasteiger partial charge in [-0.3, -0.25) is 4.79 Å². The molecule has 2 unspecified atom stereocenters. The minimum Gasteiger partial charge on any atom is -0.462 e. The summed E-state index contributed by atoms with van der Waals surface area (Å²) in [7, 11) is 0. The average molecular weight is 564 g/mol. The molecule has 10 nitrogen and oxygen atoms in total. The molecule has 4 aromatic rings. The quantitative estimate of drug-likeness (QED) is 0.352. The van der Waals surface area contributed by atoms with Gasteiger partial charge < -0.3 is 33.8 Å². The zero-order chi connectivity index (χ0) is 29.0. The Balaban J connectivity index is 0.000000153. The zero-order valence-electron chi connectivity index (χ0n) is 23.2. The maximum absolute atomic E-state index is 13.8. The lowest BCUT2D eigenvalue weighted by atomic mass is 9.90. The third-order valence-corrected chi connectivity index (χ3v) is 7.73. The van der Waals surface area contributed by atoms with Crippen molar-refractivity contribution in [1.29, 1.82) is 0 Å². The van der Waals surface area contributed by atoms with Crippen LogP contribution in [0.4, 0.5) is 15.9 Å². The van der Waals surface area contributed by atoms with Gasteiger partial charge in [-0.15, -0.1) is 0 Å². The fourth-order valence-corrected chi connectivity index (χ4v) is 5.46. The lowest BCUT2D eigenvalue weighted by Gasteiger charge is -2.53. The minimum atomic E-state index is -1.19. The summed E-state index contributed by atoms with van der Waals surface area (Å²) in [6.07, 6.45) is 8.13. The predicted octanol–water partition coefficient (Wildman–Crippen LogP) is 4.33. The second-order valence-corrected chi connectivity index (χ2v) is 10.3. The van der Waals surface area contributed by atoms with Crippen LogP contribution in [0.1, 0.15) is 38.7 Å². The lowest BCUT2D eigenvalue weighted by Crippen LogP contribution is -2.68. The van der Waals surface area contributed by atoms with E-state index in [1.807, 2.05) is 36.4 Å². The molecule has 0 radical (unpaired) electrons. The number of halogens is 1. The number of alkyl halides is 1. The Bertz CT molecular complexity index is 1590. The number of ether oxygens (including phenoxy) is 2. The molecule has 0 saturated carbocycles. The summed E-state index contributed by atoms with van der Waals surface area (Å²) in [5, 5.41) is 8.01. The molecule has 3 saturated heterocycles. The molecule has 41 heavy (non-hydrogen) atoms. The van der Waals surface area contributed by atoms with E-state index >= 15 is 0 Å². The monoisotopic (exact) mass is 563 g/mol. The number of aromatic amines is 1. The Hall–Kier alpha value is -4.14. The largest absolute Gasteiger partial charge is 0.462 e. The second kappa shape index (κ2) is 12.2. The van der Waals surface area contributed by atoms with Crippen LogP contribution in [0.5, 0.6) is 0 Å². The van der Waals surface area contributed by atoms with Gasteiger partial charge in [0.25, 0.3) is 5.56 Å². The van der Waals surface area contributed by atoms with Gasteiger partial charge in [-0.1, -0.05) is 18.6 Å². The molecule has 7 rings (SSSR count). The van der Waals surface area contributed by atoms with Gasteiger partial charge in [0.2, 0.25) is 0 Å². The summed E-state index contributed by atoms with van der Waals surface area (Å²) < 4.78 is 30.8. The highest BCUT2D eigenvalue weighted by molar-refractivity contribution is 6.05. The van der Waals surface area contributed by atoms with Crippen LogP contribution in [-0.2, 0) is 9.47 Å². The molecule has 2 N–H and O–H groups in total. The van der Waals surface area contributed by atoms with E-state index in [9.17, 15) is 9.18 Å². The molecule has 0 bridgehead atoms. The van der Waals surface area contributed by atoms with Crippen LogP contribution in [0, 0.1) is 12.5 Å². The van der Waals surface area contributed by atoms with Gasteiger partial charge in [0, 0.05) is 31.2 Å². The number of terminal acetylenes is 1. The highest BCUT2D eigenvalue weighted by Gasteiger charge is 2.50. The fraction of sp³-hybridized carbons (Fsp3) is 0.433. The summed E-state index contributed by atoms with van der Waals surface area (Å²) in [4.78, 5) is 27.6. The summed E-state index contributed by atoms with van der Waals surface area (Å²) in [5.74, 6) is 0.962. The Kier molecular flexibility index (Phi) is 8.42. The zero-order valence-corrected chi connectivity index (χ0v) is 23.2.